The minimum atomic E-state index is -0.698. The van der Waals surface area contributed by atoms with Crippen LogP contribution in [-0.4, -0.2) is 49.1 Å². The summed E-state index contributed by atoms with van der Waals surface area (Å²) in [5.74, 6) is 0.175. The molecule has 0 aromatic carbocycles. The van der Waals surface area contributed by atoms with Gasteiger partial charge in [0.25, 0.3) is 0 Å². The SMILES string of the molecule is COC(=O)c1cnccc1CC=CC(=CCF)OCC(CC(C)C)NC(=O)OC(C)(C)C. The number of hydrogen-bond acceptors (Lipinski definition) is 6. The van der Waals surface area contributed by atoms with Crippen LogP contribution in [0.5, 0.6) is 0 Å². The summed E-state index contributed by atoms with van der Waals surface area (Å²) in [5.41, 5.74) is 0.493. The van der Waals surface area contributed by atoms with Crippen molar-refractivity contribution in [2.75, 3.05) is 20.4 Å². The van der Waals surface area contributed by atoms with E-state index in [9.17, 15) is 14.0 Å². The normalized spacial score (nSPS) is 13.2. The maximum Gasteiger partial charge on any atom is 0.407 e. The molecule has 0 saturated carbocycles. The molecular formula is C24H35FN2O5. The molecule has 1 amide bonds. The van der Waals surface area contributed by atoms with Gasteiger partial charge >= 0.3 is 12.1 Å². The van der Waals surface area contributed by atoms with Gasteiger partial charge in [0, 0.05) is 12.4 Å². The Bertz CT molecular complexity index is 800. The molecule has 1 aromatic rings. The van der Waals surface area contributed by atoms with E-state index in [2.05, 4.69) is 10.3 Å². The van der Waals surface area contributed by atoms with Crippen LogP contribution in [0.4, 0.5) is 9.18 Å². The van der Waals surface area contributed by atoms with E-state index in [0.717, 1.165) is 5.56 Å². The first kappa shape index (κ1) is 27.1. The number of esters is 1. The molecule has 1 unspecified atom stereocenters. The number of carbonyl (C=O) groups excluding carboxylic acids is 2. The number of amides is 1. The standard InChI is InChI=1S/C24H35FN2O5/c1-17(2)14-19(27-23(29)32-24(3,4)5)16-31-20(10-12-25)9-7-8-18-11-13-26-15-21(18)22(28)30-6/h7,9-11,13,15,17,19H,8,12,14,16H2,1-6H3,(H,27,29). The second-order valence-electron chi connectivity index (χ2n) is 8.68. The van der Waals surface area contributed by atoms with E-state index in [1.165, 1.54) is 19.4 Å². The number of carbonyl (C=O) groups is 2. The molecule has 0 aliphatic rings. The molecule has 0 aliphatic heterocycles. The van der Waals surface area contributed by atoms with Crippen molar-refractivity contribution in [1.29, 1.82) is 0 Å². The molecular weight excluding hydrogens is 415 g/mol. The van der Waals surface area contributed by atoms with Crippen molar-refractivity contribution in [3.8, 4) is 0 Å². The summed E-state index contributed by atoms with van der Waals surface area (Å²) in [4.78, 5) is 27.9. The Morgan fingerprint density at radius 3 is 2.59 bits per heavy atom. The van der Waals surface area contributed by atoms with Crippen LogP contribution in [-0.2, 0) is 20.6 Å². The van der Waals surface area contributed by atoms with Crippen LogP contribution in [0, 0.1) is 5.92 Å². The zero-order valence-electron chi connectivity index (χ0n) is 19.8. The van der Waals surface area contributed by atoms with Gasteiger partial charge in [-0.3, -0.25) is 4.98 Å². The van der Waals surface area contributed by atoms with Crippen molar-refractivity contribution in [1.82, 2.24) is 10.3 Å². The fourth-order valence-corrected chi connectivity index (χ4v) is 2.86. The number of allylic oxidation sites excluding steroid dienone is 3. The highest BCUT2D eigenvalue weighted by atomic mass is 19.1. The predicted octanol–water partition coefficient (Wildman–Crippen LogP) is 4.78. The molecule has 7 nitrogen and oxygen atoms in total. The highest BCUT2D eigenvalue weighted by molar-refractivity contribution is 5.90. The average molecular weight is 451 g/mol. The summed E-state index contributed by atoms with van der Waals surface area (Å²) in [6, 6.07) is 1.42. The molecule has 1 N–H and O–H groups in total. The van der Waals surface area contributed by atoms with Crippen LogP contribution in [0.3, 0.4) is 0 Å². The van der Waals surface area contributed by atoms with Crippen molar-refractivity contribution in [2.24, 2.45) is 5.92 Å². The first-order valence-electron chi connectivity index (χ1n) is 10.6. The second kappa shape index (κ2) is 13.5. The molecule has 1 rings (SSSR count). The summed E-state index contributed by atoms with van der Waals surface area (Å²) in [6.45, 7) is 8.92. The number of halogens is 1. The summed E-state index contributed by atoms with van der Waals surface area (Å²) >= 11 is 0. The zero-order chi connectivity index (χ0) is 24.1. The molecule has 1 heterocycles. The number of alkyl halides is 1. The van der Waals surface area contributed by atoms with Gasteiger partial charge in [-0.2, -0.15) is 0 Å². The van der Waals surface area contributed by atoms with Crippen LogP contribution in [0.2, 0.25) is 0 Å². The van der Waals surface area contributed by atoms with E-state index in [0.29, 0.717) is 30.1 Å². The number of alkyl carbamates (subject to hydrolysis) is 1. The van der Waals surface area contributed by atoms with E-state index < -0.39 is 24.3 Å². The molecule has 0 saturated heterocycles. The van der Waals surface area contributed by atoms with E-state index in [1.807, 2.05) is 13.8 Å². The Balaban J connectivity index is 2.79. The monoisotopic (exact) mass is 450 g/mol. The van der Waals surface area contributed by atoms with Gasteiger partial charge in [-0.25, -0.2) is 14.0 Å². The predicted molar refractivity (Wildman–Crippen MR) is 121 cm³/mol. The molecule has 8 heteroatoms. The molecule has 0 radical (unpaired) electrons. The zero-order valence-corrected chi connectivity index (χ0v) is 19.8. The van der Waals surface area contributed by atoms with Gasteiger partial charge in [-0.05, 0) is 63.3 Å². The van der Waals surface area contributed by atoms with Crippen molar-refractivity contribution < 1.29 is 28.2 Å². The number of nitrogens with zero attached hydrogens (tertiary/aromatic N) is 1. The Labute approximate surface area is 190 Å². The molecule has 0 fully saturated rings. The lowest BCUT2D eigenvalue weighted by molar-refractivity contribution is 0.0464. The maximum atomic E-state index is 13.0. The van der Waals surface area contributed by atoms with Crippen LogP contribution in [0.1, 0.15) is 57.0 Å². The van der Waals surface area contributed by atoms with Crippen LogP contribution < -0.4 is 5.32 Å². The molecule has 178 valence electrons. The molecule has 0 bridgehead atoms. The fourth-order valence-electron chi connectivity index (χ4n) is 2.86. The van der Waals surface area contributed by atoms with Crippen LogP contribution in [0.25, 0.3) is 0 Å². The lowest BCUT2D eigenvalue weighted by atomic mass is 10.0. The first-order chi connectivity index (χ1) is 15.1. The topological polar surface area (TPSA) is 86.8 Å². The average Bonchev–Trinajstić information content (AvgIpc) is 2.69. The quantitative estimate of drug-likeness (QED) is 0.297. The van der Waals surface area contributed by atoms with Gasteiger partial charge in [-0.15, -0.1) is 0 Å². The van der Waals surface area contributed by atoms with E-state index in [4.69, 9.17) is 14.2 Å². The van der Waals surface area contributed by atoms with Gasteiger partial charge in [0.2, 0.25) is 0 Å². The van der Waals surface area contributed by atoms with Gasteiger partial charge in [0.1, 0.15) is 24.6 Å². The molecule has 1 atom stereocenters. The number of pyridine rings is 1. The summed E-state index contributed by atoms with van der Waals surface area (Å²) in [5, 5.41) is 2.82. The van der Waals surface area contributed by atoms with Crippen molar-refractivity contribution in [3.63, 3.8) is 0 Å². The third-order valence-electron chi connectivity index (χ3n) is 4.14. The third-order valence-corrected chi connectivity index (χ3v) is 4.14. The van der Waals surface area contributed by atoms with Crippen LogP contribution >= 0.6 is 0 Å². The highest BCUT2D eigenvalue weighted by Gasteiger charge is 2.21. The number of hydrogen-bond donors (Lipinski definition) is 1. The molecule has 32 heavy (non-hydrogen) atoms. The number of ether oxygens (including phenoxy) is 3. The maximum absolute atomic E-state index is 13.0. The fraction of sp³-hybridized carbons (Fsp3) is 0.542. The molecule has 0 spiro atoms. The van der Waals surface area contributed by atoms with Gasteiger partial charge in [0.15, 0.2) is 0 Å². The van der Waals surface area contributed by atoms with Crippen molar-refractivity contribution >= 4 is 12.1 Å². The third kappa shape index (κ3) is 10.9. The van der Waals surface area contributed by atoms with E-state index >= 15 is 0 Å². The summed E-state index contributed by atoms with van der Waals surface area (Å²) in [6.07, 6.45) is 8.31. The Hall–Kier alpha value is -2.90. The van der Waals surface area contributed by atoms with Crippen LogP contribution in [0.15, 0.2) is 42.4 Å². The smallest absolute Gasteiger partial charge is 0.407 e. The summed E-state index contributed by atoms with van der Waals surface area (Å²) in [7, 11) is 1.31. The minimum absolute atomic E-state index is 0.163. The van der Waals surface area contributed by atoms with Gasteiger partial charge in [0.05, 0.1) is 18.7 Å². The van der Waals surface area contributed by atoms with E-state index in [-0.39, 0.29) is 12.6 Å². The van der Waals surface area contributed by atoms with Gasteiger partial charge < -0.3 is 19.5 Å². The largest absolute Gasteiger partial charge is 0.492 e. The Kier molecular flexibility index (Phi) is 11.4. The number of nitrogens with one attached hydrogen (secondary N) is 1. The second-order valence-corrected chi connectivity index (χ2v) is 8.68. The molecule has 1 aromatic heterocycles. The van der Waals surface area contributed by atoms with Crippen molar-refractivity contribution in [2.45, 2.75) is 59.1 Å². The van der Waals surface area contributed by atoms with Crippen molar-refractivity contribution in [3.05, 3.63) is 53.6 Å². The molecule has 0 aliphatic carbocycles. The van der Waals surface area contributed by atoms with E-state index in [1.54, 1.807) is 45.2 Å². The highest BCUT2D eigenvalue weighted by Crippen LogP contribution is 2.13. The number of rotatable bonds is 11. The number of methoxy groups -OCH3 is 1. The minimum Gasteiger partial charge on any atom is -0.492 e. The summed E-state index contributed by atoms with van der Waals surface area (Å²) < 4.78 is 28.9. The Morgan fingerprint density at radius 1 is 1.28 bits per heavy atom. The lowest BCUT2D eigenvalue weighted by Gasteiger charge is -2.25. The Morgan fingerprint density at radius 2 is 2.00 bits per heavy atom. The lowest BCUT2D eigenvalue weighted by Crippen LogP contribution is -2.42. The van der Waals surface area contributed by atoms with Gasteiger partial charge in [-0.1, -0.05) is 19.9 Å². The first-order valence-corrected chi connectivity index (χ1v) is 10.6. The number of aromatic nitrogens is 1.